The average molecular weight is 348 g/mol. The van der Waals surface area contributed by atoms with E-state index >= 15 is 0 Å². The zero-order valence-electron chi connectivity index (χ0n) is 15.3. The lowest BCUT2D eigenvalue weighted by Gasteiger charge is -2.23. The Bertz CT molecular complexity index is 601. The molecule has 6 nitrogen and oxygen atoms in total. The molecular weight excluding hydrogens is 320 g/mol. The second-order valence-electron chi connectivity index (χ2n) is 6.92. The van der Waals surface area contributed by atoms with E-state index in [9.17, 15) is 4.79 Å². The molecule has 2 fully saturated rings. The highest BCUT2D eigenvalue weighted by atomic mass is 16.5. The third-order valence-electron chi connectivity index (χ3n) is 5.60. The van der Waals surface area contributed by atoms with Crippen LogP contribution >= 0.6 is 0 Å². The number of benzene rings is 1. The van der Waals surface area contributed by atoms with Gasteiger partial charge in [0.25, 0.3) is 0 Å². The van der Waals surface area contributed by atoms with E-state index in [-0.39, 0.29) is 17.2 Å². The molecule has 6 heteroatoms. The number of carbonyl (C=O) groups excluding carboxylic acids is 1. The largest absolute Gasteiger partial charge is 0.496 e. The smallest absolute Gasteiger partial charge is 0.223 e. The van der Waals surface area contributed by atoms with Crippen molar-refractivity contribution < 1.29 is 19.0 Å². The molecule has 3 rings (SSSR count). The van der Waals surface area contributed by atoms with Gasteiger partial charge in [-0.2, -0.15) is 0 Å². The molecule has 0 bridgehead atoms. The van der Waals surface area contributed by atoms with Gasteiger partial charge in [-0.25, -0.2) is 0 Å². The van der Waals surface area contributed by atoms with E-state index in [1.165, 1.54) is 0 Å². The molecule has 1 saturated carbocycles. The van der Waals surface area contributed by atoms with Crippen LogP contribution in [0.5, 0.6) is 17.2 Å². The molecule has 1 saturated heterocycles. The second-order valence-corrected chi connectivity index (χ2v) is 6.92. The van der Waals surface area contributed by atoms with Crippen molar-refractivity contribution in [1.82, 2.24) is 10.6 Å². The van der Waals surface area contributed by atoms with Crippen molar-refractivity contribution in [2.24, 2.45) is 11.3 Å². The maximum Gasteiger partial charge on any atom is 0.223 e. The third kappa shape index (κ3) is 3.68. The van der Waals surface area contributed by atoms with E-state index in [1.807, 2.05) is 12.1 Å². The summed E-state index contributed by atoms with van der Waals surface area (Å²) in [5, 5.41) is 6.46. The van der Waals surface area contributed by atoms with E-state index in [4.69, 9.17) is 14.2 Å². The third-order valence-corrected chi connectivity index (χ3v) is 5.60. The van der Waals surface area contributed by atoms with Gasteiger partial charge >= 0.3 is 0 Å². The lowest BCUT2D eigenvalue weighted by atomic mass is 9.92. The quantitative estimate of drug-likeness (QED) is 0.786. The summed E-state index contributed by atoms with van der Waals surface area (Å²) in [5.41, 5.74) is 1.21. The normalized spacial score (nSPS) is 20.8. The van der Waals surface area contributed by atoms with Gasteiger partial charge in [0.15, 0.2) is 0 Å². The topological polar surface area (TPSA) is 68.8 Å². The fourth-order valence-electron chi connectivity index (χ4n) is 3.95. The lowest BCUT2D eigenvalue weighted by molar-refractivity contribution is -0.123. The maximum atomic E-state index is 12.5. The summed E-state index contributed by atoms with van der Waals surface area (Å²) in [4.78, 5) is 12.5. The fraction of sp³-hybridized carbons (Fsp3) is 0.632. The predicted molar refractivity (Wildman–Crippen MR) is 95.5 cm³/mol. The van der Waals surface area contributed by atoms with Gasteiger partial charge in [0.1, 0.15) is 17.2 Å². The Kier molecular flexibility index (Phi) is 5.37. The first-order valence-corrected chi connectivity index (χ1v) is 8.91. The number of ether oxygens (including phenoxy) is 3. The number of methoxy groups -OCH3 is 3. The molecular formula is C19H28N2O4. The Morgan fingerprint density at radius 2 is 1.80 bits per heavy atom. The monoisotopic (exact) mass is 348 g/mol. The average Bonchev–Trinajstić information content (AvgIpc) is 3.34. The van der Waals surface area contributed by atoms with E-state index < -0.39 is 0 Å². The molecule has 1 aliphatic carbocycles. The van der Waals surface area contributed by atoms with Crippen molar-refractivity contribution in [3.63, 3.8) is 0 Å². The Hall–Kier alpha value is -1.95. The summed E-state index contributed by atoms with van der Waals surface area (Å²) in [5.74, 6) is 2.49. The van der Waals surface area contributed by atoms with E-state index in [0.717, 1.165) is 37.9 Å². The van der Waals surface area contributed by atoms with E-state index in [1.54, 1.807) is 21.3 Å². The van der Waals surface area contributed by atoms with Crippen LogP contribution in [0.3, 0.4) is 0 Å². The molecule has 0 radical (unpaired) electrons. The van der Waals surface area contributed by atoms with Crippen LogP contribution in [0.1, 0.15) is 24.8 Å². The van der Waals surface area contributed by atoms with Crippen LogP contribution in [0.25, 0.3) is 0 Å². The number of rotatable bonds is 7. The summed E-state index contributed by atoms with van der Waals surface area (Å²) < 4.78 is 16.2. The van der Waals surface area contributed by atoms with Crippen LogP contribution < -0.4 is 24.8 Å². The molecule has 138 valence electrons. The van der Waals surface area contributed by atoms with Gasteiger partial charge in [-0.15, -0.1) is 0 Å². The number of nitrogens with one attached hydrogen (secondary N) is 2. The zero-order valence-corrected chi connectivity index (χ0v) is 15.3. The highest BCUT2D eigenvalue weighted by Crippen LogP contribution is 2.58. The van der Waals surface area contributed by atoms with Gasteiger partial charge < -0.3 is 24.8 Å². The summed E-state index contributed by atoms with van der Waals surface area (Å²) >= 11 is 0. The first-order chi connectivity index (χ1) is 12.1. The van der Waals surface area contributed by atoms with E-state index in [2.05, 4.69) is 10.6 Å². The van der Waals surface area contributed by atoms with Crippen LogP contribution in [-0.4, -0.2) is 46.9 Å². The Morgan fingerprint density at radius 1 is 1.16 bits per heavy atom. The minimum absolute atomic E-state index is 0.188. The lowest BCUT2D eigenvalue weighted by Crippen LogP contribution is -2.34. The Balaban J connectivity index is 1.58. The van der Waals surface area contributed by atoms with Crippen LogP contribution in [0.2, 0.25) is 0 Å². The predicted octanol–water partition coefficient (Wildman–Crippen LogP) is 1.76. The first kappa shape index (κ1) is 17.9. The van der Waals surface area contributed by atoms with Crippen LogP contribution in [0.4, 0.5) is 0 Å². The Labute approximate surface area is 149 Å². The van der Waals surface area contributed by atoms with Gasteiger partial charge in [-0.3, -0.25) is 4.79 Å². The molecule has 25 heavy (non-hydrogen) atoms. The molecule has 1 atom stereocenters. The van der Waals surface area contributed by atoms with Gasteiger partial charge in [-0.1, -0.05) is 0 Å². The second kappa shape index (κ2) is 7.52. The summed E-state index contributed by atoms with van der Waals surface area (Å²) in [6.45, 7) is 2.64. The van der Waals surface area contributed by atoms with E-state index in [0.29, 0.717) is 30.2 Å². The van der Waals surface area contributed by atoms with Gasteiger partial charge in [0.2, 0.25) is 5.91 Å². The van der Waals surface area contributed by atoms with Crippen molar-refractivity contribution in [3.8, 4) is 17.2 Å². The van der Waals surface area contributed by atoms with Crippen molar-refractivity contribution >= 4 is 5.91 Å². The number of amides is 1. The molecule has 1 aromatic rings. The highest BCUT2D eigenvalue weighted by molar-refractivity contribution is 5.82. The molecule has 0 aromatic heterocycles. The van der Waals surface area contributed by atoms with Crippen molar-refractivity contribution in [2.45, 2.75) is 25.7 Å². The van der Waals surface area contributed by atoms with Crippen LogP contribution in [0, 0.1) is 11.3 Å². The molecule has 1 aliphatic heterocycles. The molecule has 2 N–H and O–H groups in total. The number of piperidine rings is 1. The standard InChI is InChI=1S/C19H28N2O4/c1-23-13-10-16(24-2)14(17(11-13)25-3)4-7-21-18(22)15-12-19(15)5-8-20-9-6-19/h10-11,15,20H,4-9,12H2,1-3H3,(H,21,22). The molecule has 1 unspecified atom stereocenters. The van der Waals surface area contributed by atoms with Gasteiger partial charge in [0, 0.05) is 30.2 Å². The Morgan fingerprint density at radius 3 is 2.36 bits per heavy atom. The molecule has 1 spiro atoms. The minimum atomic E-state index is 0.188. The molecule has 1 amide bonds. The van der Waals surface area contributed by atoms with Crippen molar-refractivity contribution in [3.05, 3.63) is 17.7 Å². The zero-order chi connectivity index (χ0) is 17.9. The maximum absolute atomic E-state index is 12.5. The summed E-state index contributed by atoms with van der Waals surface area (Å²) in [6, 6.07) is 3.68. The molecule has 1 aromatic carbocycles. The fourth-order valence-corrected chi connectivity index (χ4v) is 3.95. The SMILES string of the molecule is COc1cc(OC)c(CCNC(=O)C2CC23CCNCC3)c(OC)c1. The first-order valence-electron chi connectivity index (χ1n) is 8.91. The minimum Gasteiger partial charge on any atom is -0.496 e. The molecule has 2 aliphatic rings. The summed E-state index contributed by atoms with van der Waals surface area (Å²) in [6.07, 6.45) is 3.93. The van der Waals surface area contributed by atoms with Gasteiger partial charge in [-0.05, 0) is 44.2 Å². The highest BCUT2D eigenvalue weighted by Gasteiger charge is 2.57. The number of hydrogen-bond acceptors (Lipinski definition) is 5. The van der Waals surface area contributed by atoms with Gasteiger partial charge in [0.05, 0.1) is 21.3 Å². The number of hydrogen-bond donors (Lipinski definition) is 2. The number of carbonyl (C=O) groups is 1. The van der Waals surface area contributed by atoms with Crippen molar-refractivity contribution in [1.29, 1.82) is 0 Å². The van der Waals surface area contributed by atoms with Crippen LogP contribution in [0.15, 0.2) is 12.1 Å². The van der Waals surface area contributed by atoms with Crippen molar-refractivity contribution in [2.75, 3.05) is 41.0 Å². The molecule has 1 heterocycles. The van der Waals surface area contributed by atoms with Crippen LogP contribution in [-0.2, 0) is 11.2 Å². The summed E-state index contributed by atoms with van der Waals surface area (Å²) in [7, 11) is 4.86.